The number of carbonyl (C=O) groups excluding carboxylic acids is 2. The SMILES string of the molecule is Cc1cc(C(=O)N2CCN(c3ncccc3NC(=O)c3ccc4c(c3)OCO4)CC2)n(C)n1. The van der Waals surface area contributed by atoms with Crippen molar-refractivity contribution >= 4 is 23.3 Å². The quantitative estimate of drug-likeness (QED) is 0.652. The second-order valence-electron chi connectivity index (χ2n) is 7.97. The molecule has 0 bridgehead atoms. The Hall–Kier alpha value is -4.08. The van der Waals surface area contributed by atoms with Gasteiger partial charge in [-0.15, -0.1) is 0 Å². The van der Waals surface area contributed by atoms with Gasteiger partial charge >= 0.3 is 0 Å². The van der Waals surface area contributed by atoms with Crippen molar-refractivity contribution in [1.82, 2.24) is 19.7 Å². The zero-order valence-corrected chi connectivity index (χ0v) is 18.4. The van der Waals surface area contributed by atoms with E-state index in [0.717, 1.165) is 5.69 Å². The number of fused-ring (bicyclic) bond motifs is 1. The molecule has 2 aliphatic heterocycles. The molecular weight excluding hydrogens is 424 g/mol. The van der Waals surface area contributed by atoms with Crippen molar-refractivity contribution in [2.45, 2.75) is 6.92 Å². The van der Waals surface area contributed by atoms with E-state index in [0.29, 0.717) is 60.4 Å². The highest BCUT2D eigenvalue weighted by molar-refractivity contribution is 6.06. The van der Waals surface area contributed by atoms with E-state index in [2.05, 4.69) is 20.3 Å². The van der Waals surface area contributed by atoms with Gasteiger partial charge < -0.3 is 24.6 Å². The lowest BCUT2D eigenvalue weighted by Crippen LogP contribution is -2.49. The molecule has 1 fully saturated rings. The molecule has 33 heavy (non-hydrogen) atoms. The van der Waals surface area contributed by atoms with Crippen molar-refractivity contribution in [3.63, 3.8) is 0 Å². The molecule has 0 spiro atoms. The molecule has 1 aromatic carbocycles. The van der Waals surface area contributed by atoms with E-state index in [1.165, 1.54) is 0 Å². The van der Waals surface area contributed by atoms with Crippen LogP contribution in [0.3, 0.4) is 0 Å². The molecule has 170 valence electrons. The first kappa shape index (κ1) is 20.8. The molecule has 0 saturated carbocycles. The second kappa shape index (κ2) is 8.45. The predicted molar refractivity (Wildman–Crippen MR) is 121 cm³/mol. The maximum absolute atomic E-state index is 12.9. The summed E-state index contributed by atoms with van der Waals surface area (Å²) < 4.78 is 12.3. The highest BCUT2D eigenvalue weighted by Gasteiger charge is 2.26. The Labute approximate surface area is 190 Å². The van der Waals surface area contributed by atoms with Gasteiger partial charge in [0.05, 0.1) is 11.4 Å². The number of aryl methyl sites for hydroxylation is 2. The number of nitrogens with zero attached hydrogens (tertiary/aromatic N) is 5. The van der Waals surface area contributed by atoms with Crippen LogP contribution in [-0.4, -0.2) is 64.5 Å². The minimum Gasteiger partial charge on any atom is -0.454 e. The van der Waals surface area contributed by atoms with Crippen molar-refractivity contribution in [3.8, 4) is 11.5 Å². The molecular formula is C23H24N6O4. The highest BCUT2D eigenvalue weighted by atomic mass is 16.7. The van der Waals surface area contributed by atoms with Crippen LogP contribution in [0.25, 0.3) is 0 Å². The third-order valence-corrected chi connectivity index (χ3v) is 5.76. The molecule has 0 atom stereocenters. The van der Waals surface area contributed by atoms with Crippen molar-refractivity contribution < 1.29 is 19.1 Å². The van der Waals surface area contributed by atoms with E-state index >= 15 is 0 Å². The van der Waals surface area contributed by atoms with Gasteiger partial charge in [-0.25, -0.2) is 4.98 Å². The summed E-state index contributed by atoms with van der Waals surface area (Å²) in [5.74, 6) is 1.56. The molecule has 2 amide bonds. The maximum atomic E-state index is 12.9. The average Bonchev–Trinajstić information content (AvgIpc) is 3.44. The molecule has 0 radical (unpaired) electrons. The molecule has 10 heteroatoms. The van der Waals surface area contributed by atoms with Crippen LogP contribution in [0.2, 0.25) is 0 Å². The first-order valence-corrected chi connectivity index (χ1v) is 10.7. The number of piperazine rings is 1. The normalized spacial score (nSPS) is 15.0. The van der Waals surface area contributed by atoms with Gasteiger partial charge in [-0.1, -0.05) is 0 Å². The lowest BCUT2D eigenvalue weighted by Gasteiger charge is -2.36. The van der Waals surface area contributed by atoms with E-state index in [1.807, 2.05) is 17.9 Å². The lowest BCUT2D eigenvalue weighted by molar-refractivity contribution is 0.0735. The Bertz CT molecular complexity index is 1220. The minimum atomic E-state index is -0.261. The van der Waals surface area contributed by atoms with E-state index in [1.54, 1.807) is 48.3 Å². The van der Waals surface area contributed by atoms with Gasteiger partial charge in [0.25, 0.3) is 11.8 Å². The molecule has 2 aromatic heterocycles. The smallest absolute Gasteiger partial charge is 0.272 e. The molecule has 1 saturated heterocycles. The number of hydrogen-bond donors (Lipinski definition) is 1. The number of nitrogens with one attached hydrogen (secondary N) is 1. The van der Waals surface area contributed by atoms with Crippen LogP contribution in [0.15, 0.2) is 42.6 Å². The Kier molecular flexibility index (Phi) is 5.33. The third-order valence-electron chi connectivity index (χ3n) is 5.76. The third kappa shape index (κ3) is 4.07. The number of rotatable bonds is 4. The van der Waals surface area contributed by atoms with Gasteiger partial charge in [0.1, 0.15) is 5.69 Å². The Balaban J connectivity index is 1.27. The fraction of sp³-hybridized carbons (Fsp3) is 0.304. The Morgan fingerprint density at radius 1 is 1.03 bits per heavy atom. The lowest BCUT2D eigenvalue weighted by atomic mass is 10.2. The molecule has 3 aromatic rings. The van der Waals surface area contributed by atoms with Crippen molar-refractivity contribution in [2.24, 2.45) is 7.05 Å². The first-order chi connectivity index (χ1) is 16.0. The summed E-state index contributed by atoms with van der Waals surface area (Å²) >= 11 is 0. The summed E-state index contributed by atoms with van der Waals surface area (Å²) in [6.45, 7) is 4.33. The van der Waals surface area contributed by atoms with Crippen LogP contribution in [0.5, 0.6) is 11.5 Å². The highest BCUT2D eigenvalue weighted by Crippen LogP contribution is 2.33. The number of anilines is 2. The number of aromatic nitrogens is 3. The molecule has 0 unspecified atom stereocenters. The molecule has 5 rings (SSSR count). The van der Waals surface area contributed by atoms with Crippen LogP contribution in [0.1, 0.15) is 26.5 Å². The molecule has 10 nitrogen and oxygen atoms in total. The van der Waals surface area contributed by atoms with Gasteiger partial charge in [0.2, 0.25) is 6.79 Å². The van der Waals surface area contributed by atoms with Crippen LogP contribution >= 0.6 is 0 Å². The molecule has 4 heterocycles. The average molecular weight is 448 g/mol. The summed E-state index contributed by atoms with van der Waals surface area (Å²) in [5, 5.41) is 7.22. The zero-order chi connectivity index (χ0) is 22.9. The zero-order valence-electron chi connectivity index (χ0n) is 18.4. The molecule has 2 aliphatic rings. The summed E-state index contributed by atoms with van der Waals surface area (Å²) in [4.78, 5) is 34.1. The van der Waals surface area contributed by atoms with E-state index in [4.69, 9.17) is 9.47 Å². The van der Waals surface area contributed by atoms with Crippen LogP contribution < -0.4 is 19.7 Å². The number of amides is 2. The topological polar surface area (TPSA) is 102 Å². The van der Waals surface area contributed by atoms with Crippen LogP contribution in [0.4, 0.5) is 11.5 Å². The number of ether oxygens (including phenoxy) is 2. The summed E-state index contributed by atoms with van der Waals surface area (Å²) in [6.07, 6.45) is 1.70. The van der Waals surface area contributed by atoms with Crippen LogP contribution in [-0.2, 0) is 7.05 Å². The van der Waals surface area contributed by atoms with Gasteiger partial charge in [-0.2, -0.15) is 5.10 Å². The van der Waals surface area contributed by atoms with Gasteiger partial charge in [-0.05, 0) is 43.3 Å². The summed E-state index contributed by atoms with van der Waals surface area (Å²) in [5.41, 5.74) is 2.48. The number of carbonyl (C=O) groups is 2. The van der Waals surface area contributed by atoms with Crippen LogP contribution in [0, 0.1) is 6.92 Å². The Morgan fingerprint density at radius 3 is 2.58 bits per heavy atom. The van der Waals surface area contributed by atoms with Crippen molar-refractivity contribution in [3.05, 3.63) is 59.5 Å². The van der Waals surface area contributed by atoms with E-state index < -0.39 is 0 Å². The van der Waals surface area contributed by atoms with E-state index in [-0.39, 0.29) is 18.6 Å². The van der Waals surface area contributed by atoms with Crippen molar-refractivity contribution in [2.75, 3.05) is 43.2 Å². The number of hydrogen-bond acceptors (Lipinski definition) is 7. The van der Waals surface area contributed by atoms with Gasteiger partial charge in [0.15, 0.2) is 17.3 Å². The van der Waals surface area contributed by atoms with Crippen molar-refractivity contribution in [1.29, 1.82) is 0 Å². The fourth-order valence-corrected chi connectivity index (χ4v) is 4.07. The molecule has 1 N–H and O–H groups in total. The number of benzene rings is 1. The van der Waals surface area contributed by atoms with E-state index in [9.17, 15) is 9.59 Å². The predicted octanol–water partition coefficient (Wildman–Crippen LogP) is 2.07. The molecule has 0 aliphatic carbocycles. The first-order valence-electron chi connectivity index (χ1n) is 10.7. The largest absolute Gasteiger partial charge is 0.454 e. The van der Waals surface area contributed by atoms with Gasteiger partial charge in [-0.3, -0.25) is 14.3 Å². The second-order valence-corrected chi connectivity index (χ2v) is 7.97. The standard InChI is InChI=1S/C23H24N6O4/c1-15-12-18(27(2)26-15)23(31)29-10-8-28(9-11-29)21-17(4-3-7-24-21)25-22(30)16-5-6-19-20(13-16)33-14-32-19/h3-7,12-13H,8-11,14H2,1-2H3,(H,25,30). The summed E-state index contributed by atoms with van der Waals surface area (Å²) in [7, 11) is 1.78. The number of pyridine rings is 1. The minimum absolute atomic E-state index is 0.0323. The Morgan fingerprint density at radius 2 is 1.82 bits per heavy atom. The summed E-state index contributed by atoms with van der Waals surface area (Å²) in [6, 6.07) is 10.5. The maximum Gasteiger partial charge on any atom is 0.272 e. The monoisotopic (exact) mass is 448 g/mol. The fourth-order valence-electron chi connectivity index (χ4n) is 4.07. The van der Waals surface area contributed by atoms with Gasteiger partial charge in [0, 0.05) is 45.0 Å².